The molecule has 0 N–H and O–H groups in total. The maximum atomic E-state index is 6.61. The molecule has 0 spiro atoms. The normalized spacial score (nSPS) is 20.5. The van der Waals surface area contributed by atoms with Gasteiger partial charge >= 0.3 is 0 Å². The molecular weight excluding hydrogens is 244 g/mol. The van der Waals surface area contributed by atoms with Crippen molar-refractivity contribution in [3.63, 3.8) is 0 Å². The molecule has 0 unspecified atom stereocenters. The van der Waals surface area contributed by atoms with Crippen LogP contribution in [0.4, 0.5) is 0 Å². The molecule has 102 valence electrons. The third kappa shape index (κ3) is 1.58. The molecular formula is C14H24O3Si. The van der Waals surface area contributed by atoms with Gasteiger partial charge in [0.15, 0.2) is 0 Å². The van der Waals surface area contributed by atoms with Crippen molar-refractivity contribution >= 4 is 13.5 Å². The Labute approximate surface area is 111 Å². The lowest BCUT2D eigenvalue weighted by Crippen LogP contribution is -2.53. The number of methoxy groups -OCH3 is 1. The summed E-state index contributed by atoms with van der Waals surface area (Å²) in [7, 11) is -0.404. The molecule has 0 aromatic carbocycles. The van der Waals surface area contributed by atoms with Gasteiger partial charge in [-0.1, -0.05) is 27.7 Å². The van der Waals surface area contributed by atoms with Crippen LogP contribution in [0.3, 0.4) is 0 Å². The molecule has 1 aromatic rings. The van der Waals surface area contributed by atoms with Gasteiger partial charge in [0.25, 0.3) is 5.95 Å². The van der Waals surface area contributed by atoms with E-state index in [2.05, 4.69) is 41.5 Å². The van der Waals surface area contributed by atoms with Crippen molar-refractivity contribution in [3.8, 4) is 5.95 Å². The lowest BCUT2D eigenvalue weighted by atomic mass is 10.0. The van der Waals surface area contributed by atoms with Crippen LogP contribution in [0, 0.1) is 0 Å². The van der Waals surface area contributed by atoms with Crippen molar-refractivity contribution in [2.24, 2.45) is 0 Å². The Morgan fingerprint density at radius 2 is 1.72 bits per heavy atom. The van der Waals surface area contributed by atoms with Gasteiger partial charge in [-0.15, -0.1) is 0 Å². The minimum atomic E-state index is -2.08. The van der Waals surface area contributed by atoms with E-state index in [0.717, 1.165) is 0 Å². The summed E-state index contributed by atoms with van der Waals surface area (Å²) in [5, 5.41) is 1.24. The number of hydrogen-bond acceptors (Lipinski definition) is 3. The van der Waals surface area contributed by atoms with Crippen LogP contribution in [0.5, 0.6) is 5.95 Å². The zero-order valence-corrected chi connectivity index (χ0v) is 13.5. The van der Waals surface area contributed by atoms with Crippen LogP contribution in [0.1, 0.15) is 47.1 Å². The highest BCUT2D eigenvalue weighted by Gasteiger charge is 2.58. The predicted octanol–water partition coefficient (Wildman–Crippen LogP) is 3.53. The van der Waals surface area contributed by atoms with E-state index in [9.17, 15) is 0 Å². The monoisotopic (exact) mass is 268 g/mol. The molecule has 0 saturated heterocycles. The summed E-state index contributed by atoms with van der Waals surface area (Å²) < 4.78 is 17.7. The van der Waals surface area contributed by atoms with Crippen molar-refractivity contribution in [3.05, 3.63) is 11.8 Å². The second-order valence-electron chi connectivity index (χ2n) is 6.23. The molecule has 1 aromatic heterocycles. The van der Waals surface area contributed by atoms with Crippen molar-refractivity contribution in [2.45, 2.75) is 58.2 Å². The molecule has 0 saturated carbocycles. The average molecular weight is 268 g/mol. The standard InChI is InChI=1S/C14H24O3Si/c1-9(2)18(10(3)4)12-11(14(5,6)17-18)8-16-13(12)15-7/h8-10H,1-7H3. The topological polar surface area (TPSA) is 31.6 Å². The Kier molecular flexibility index (Phi) is 3.14. The molecule has 1 aliphatic heterocycles. The van der Waals surface area contributed by atoms with Crippen LogP contribution in [0.15, 0.2) is 10.7 Å². The van der Waals surface area contributed by atoms with Crippen LogP contribution in [-0.4, -0.2) is 15.4 Å². The fraction of sp³-hybridized carbons (Fsp3) is 0.714. The summed E-state index contributed by atoms with van der Waals surface area (Å²) in [5.74, 6) is 0.657. The molecule has 0 amide bonds. The molecule has 0 radical (unpaired) electrons. The first-order chi connectivity index (χ1) is 8.27. The van der Waals surface area contributed by atoms with Crippen LogP contribution in [-0.2, 0) is 10.0 Å². The highest BCUT2D eigenvalue weighted by atomic mass is 28.4. The summed E-state index contributed by atoms with van der Waals surface area (Å²) in [6, 6.07) is 0. The second-order valence-corrected chi connectivity index (χ2v) is 10.8. The van der Waals surface area contributed by atoms with Crippen LogP contribution in [0.2, 0.25) is 11.1 Å². The quantitative estimate of drug-likeness (QED) is 0.786. The maximum absolute atomic E-state index is 6.61. The Balaban J connectivity index is 2.70. The van der Waals surface area contributed by atoms with Crippen molar-refractivity contribution < 1.29 is 13.6 Å². The fourth-order valence-electron chi connectivity index (χ4n) is 3.31. The van der Waals surface area contributed by atoms with Gasteiger partial charge in [-0.25, -0.2) is 0 Å². The van der Waals surface area contributed by atoms with Crippen molar-refractivity contribution in [1.29, 1.82) is 0 Å². The van der Waals surface area contributed by atoms with Gasteiger partial charge in [-0.2, -0.15) is 0 Å². The zero-order valence-electron chi connectivity index (χ0n) is 12.5. The summed E-state index contributed by atoms with van der Waals surface area (Å²) in [6.45, 7) is 13.3. The van der Waals surface area contributed by atoms with Gasteiger partial charge in [-0.3, -0.25) is 0 Å². The van der Waals surface area contributed by atoms with E-state index >= 15 is 0 Å². The van der Waals surface area contributed by atoms with E-state index in [1.54, 1.807) is 7.11 Å². The van der Waals surface area contributed by atoms with Gasteiger partial charge < -0.3 is 13.6 Å². The van der Waals surface area contributed by atoms with Crippen LogP contribution >= 0.6 is 0 Å². The van der Waals surface area contributed by atoms with Crippen molar-refractivity contribution in [1.82, 2.24) is 0 Å². The molecule has 0 fully saturated rings. The zero-order chi connectivity index (χ0) is 13.7. The summed E-state index contributed by atoms with van der Waals surface area (Å²) in [5.41, 5.74) is 1.89. The minimum absolute atomic E-state index is 0.267. The van der Waals surface area contributed by atoms with Gasteiger partial charge in [0, 0.05) is 5.56 Å². The molecule has 2 rings (SSSR count). The molecule has 0 bridgehead atoms. The molecule has 2 heterocycles. The highest BCUT2D eigenvalue weighted by molar-refractivity contribution is 6.90. The first kappa shape index (κ1) is 13.7. The number of fused-ring (bicyclic) bond motifs is 1. The molecule has 18 heavy (non-hydrogen) atoms. The van der Waals surface area contributed by atoms with E-state index in [1.165, 1.54) is 10.8 Å². The Bertz CT molecular complexity index is 438. The van der Waals surface area contributed by atoms with Crippen molar-refractivity contribution in [2.75, 3.05) is 7.11 Å². The molecule has 0 aliphatic carbocycles. The maximum Gasteiger partial charge on any atom is 0.285 e. The minimum Gasteiger partial charge on any atom is -0.468 e. The summed E-state index contributed by atoms with van der Waals surface area (Å²) >= 11 is 0. The third-order valence-corrected chi connectivity index (χ3v) is 9.66. The highest BCUT2D eigenvalue weighted by Crippen LogP contribution is 2.48. The van der Waals surface area contributed by atoms with E-state index in [4.69, 9.17) is 13.6 Å². The lowest BCUT2D eigenvalue weighted by molar-refractivity contribution is 0.105. The van der Waals surface area contributed by atoms with Gasteiger partial charge in [0.1, 0.15) is 6.26 Å². The molecule has 4 heteroatoms. The second kappa shape index (κ2) is 4.13. The third-order valence-electron chi connectivity index (χ3n) is 4.12. The van der Waals surface area contributed by atoms with Gasteiger partial charge in [0.05, 0.1) is 17.9 Å². The Hall–Kier alpha value is -0.743. The van der Waals surface area contributed by atoms with Gasteiger partial charge in [0.2, 0.25) is 8.32 Å². The van der Waals surface area contributed by atoms with Crippen LogP contribution in [0.25, 0.3) is 0 Å². The Morgan fingerprint density at radius 1 is 1.17 bits per heavy atom. The number of ether oxygens (including phenoxy) is 1. The summed E-state index contributed by atoms with van der Waals surface area (Å²) in [4.78, 5) is 0. The first-order valence-electron chi connectivity index (χ1n) is 6.64. The molecule has 0 atom stereocenters. The fourth-order valence-corrected chi connectivity index (χ4v) is 8.59. The molecule has 1 aliphatic rings. The number of furan rings is 1. The summed E-state index contributed by atoms with van der Waals surface area (Å²) in [6.07, 6.45) is 1.81. The van der Waals surface area contributed by atoms with E-state index < -0.39 is 8.32 Å². The van der Waals surface area contributed by atoms with E-state index in [1.807, 2.05) is 6.26 Å². The van der Waals surface area contributed by atoms with E-state index in [0.29, 0.717) is 17.0 Å². The first-order valence-corrected chi connectivity index (χ1v) is 8.70. The average Bonchev–Trinajstić information content (AvgIpc) is 2.77. The molecule has 3 nitrogen and oxygen atoms in total. The predicted molar refractivity (Wildman–Crippen MR) is 75.0 cm³/mol. The number of rotatable bonds is 3. The van der Waals surface area contributed by atoms with Crippen LogP contribution < -0.4 is 9.92 Å². The largest absolute Gasteiger partial charge is 0.468 e. The smallest absolute Gasteiger partial charge is 0.285 e. The SMILES string of the molecule is COc1occ2c1[Si](C(C)C)(C(C)C)OC2(C)C. The van der Waals surface area contributed by atoms with Gasteiger partial charge in [-0.05, 0) is 24.9 Å². The van der Waals surface area contributed by atoms with E-state index in [-0.39, 0.29) is 5.60 Å². The lowest BCUT2D eigenvalue weighted by Gasteiger charge is -2.37. The Morgan fingerprint density at radius 3 is 2.17 bits per heavy atom. The number of hydrogen-bond donors (Lipinski definition) is 0.